The lowest BCUT2D eigenvalue weighted by atomic mass is 10.0. The number of piperazine rings is 1. The first kappa shape index (κ1) is 18.0. The molecule has 0 saturated carbocycles. The van der Waals surface area contributed by atoms with Crippen molar-refractivity contribution < 1.29 is 4.74 Å². The number of hydrogen-bond acceptors (Lipinski definition) is 4. The molecule has 0 amide bonds. The molecule has 6 heteroatoms. The molecule has 1 aromatic carbocycles. The highest BCUT2D eigenvalue weighted by Gasteiger charge is 2.23. The lowest BCUT2D eigenvalue weighted by molar-refractivity contribution is 0.153. The molecule has 2 heterocycles. The third-order valence-electron chi connectivity index (χ3n) is 4.05. The standard InChI is InChI=1S/C17H20ClN3O.ClH/c1-22-17-3-2-13(10-15(17)18)12-21-9-8-20-11-16(21)14-4-6-19-7-5-14;/h2-7,10,16,20H,8-9,11-12H2,1H3;1H. The Morgan fingerprint density at radius 2 is 2.09 bits per heavy atom. The molecule has 1 atom stereocenters. The van der Waals surface area contributed by atoms with Crippen LogP contribution in [0.25, 0.3) is 0 Å². The smallest absolute Gasteiger partial charge is 0.137 e. The van der Waals surface area contributed by atoms with Crippen LogP contribution in [0, 0.1) is 0 Å². The number of aromatic nitrogens is 1. The first-order chi connectivity index (χ1) is 10.8. The lowest BCUT2D eigenvalue weighted by Crippen LogP contribution is -2.45. The Morgan fingerprint density at radius 3 is 2.78 bits per heavy atom. The van der Waals surface area contributed by atoms with Crippen LogP contribution in [0.2, 0.25) is 5.02 Å². The maximum absolute atomic E-state index is 6.24. The minimum Gasteiger partial charge on any atom is -0.495 e. The first-order valence-corrected chi connectivity index (χ1v) is 7.83. The highest BCUT2D eigenvalue weighted by atomic mass is 35.5. The molecule has 0 spiro atoms. The van der Waals surface area contributed by atoms with Gasteiger partial charge in [-0.25, -0.2) is 0 Å². The molecule has 1 aliphatic rings. The molecule has 0 bridgehead atoms. The summed E-state index contributed by atoms with van der Waals surface area (Å²) in [5.74, 6) is 0.719. The normalized spacial score (nSPS) is 18.3. The lowest BCUT2D eigenvalue weighted by Gasteiger charge is -2.36. The fourth-order valence-electron chi connectivity index (χ4n) is 2.89. The molecule has 4 nitrogen and oxygen atoms in total. The highest BCUT2D eigenvalue weighted by molar-refractivity contribution is 6.32. The summed E-state index contributed by atoms with van der Waals surface area (Å²) < 4.78 is 5.22. The van der Waals surface area contributed by atoms with E-state index in [1.807, 2.05) is 24.5 Å². The van der Waals surface area contributed by atoms with E-state index in [0.29, 0.717) is 11.1 Å². The zero-order valence-electron chi connectivity index (χ0n) is 13.0. The average Bonchev–Trinajstić information content (AvgIpc) is 2.56. The predicted molar refractivity (Wildman–Crippen MR) is 95.5 cm³/mol. The third-order valence-corrected chi connectivity index (χ3v) is 4.34. The van der Waals surface area contributed by atoms with Crippen molar-refractivity contribution in [2.45, 2.75) is 12.6 Å². The summed E-state index contributed by atoms with van der Waals surface area (Å²) in [5, 5.41) is 4.13. The van der Waals surface area contributed by atoms with Gasteiger partial charge in [0, 0.05) is 44.6 Å². The van der Waals surface area contributed by atoms with Crippen LogP contribution in [-0.2, 0) is 6.54 Å². The number of nitrogens with zero attached hydrogens (tertiary/aromatic N) is 2. The monoisotopic (exact) mass is 353 g/mol. The molecule has 124 valence electrons. The van der Waals surface area contributed by atoms with Gasteiger partial charge in [-0.15, -0.1) is 12.4 Å². The number of methoxy groups -OCH3 is 1. The molecule has 1 aliphatic heterocycles. The van der Waals surface area contributed by atoms with Crippen molar-refractivity contribution in [2.24, 2.45) is 0 Å². The molecule has 1 fully saturated rings. The van der Waals surface area contributed by atoms with Gasteiger partial charge in [0.05, 0.1) is 12.1 Å². The molecule has 0 aliphatic carbocycles. The van der Waals surface area contributed by atoms with E-state index >= 15 is 0 Å². The van der Waals surface area contributed by atoms with Crippen LogP contribution >= 0.6 is 24.0 Å². The first-order valence-electron chi connectivity index (χ1n) is 7.45. The van der Waals surface area contributed by atoms with Gasteiger partial charge in [-0.3, -0.25) is 9.88 Å². The van der Waals surface area contributed by atoms with E-state index in [0.717, 1.165) is 31.9 Å². The van der Waals surface area contributed by atoms with Crippen molar-refractivity contribution in [3.8, 4) is 5.75 Å². The molecule has 1 saturated heterocycles. The van der Waals surface area contributed by atoms with Crippen LogP contribution in [-0.4, -0.2) is 36.6 Å². The maximum atomic E-state index is 6.24. The number of hydrogen-bond donors (Lipinski definition) is 1. The van der Waals surface area contributed by atoms with Crippen molar-refractivity contribution >= 4 is 24.0 Å². The SMILES string of the molecule is COc1ccc(CN2CCNCC2c2ccncc2)cc1Cl.Cl. The van der Waals surface area contributed by atoms with Crippen molar-refractivity contribution in [3.63, 3.8) is 0 Å². The molecular formula is C17H21Cl2N3O. The number of rotatable bonds is 4. The predicted octanol–water partition coefficient (Wildman–Crippen LogP) is 3.31. The zero-order chi connectivity index (χ0) is 15.4. The van der Waals surface area contributed by atoms with Gasteiger partial charge in [-0.1, -0.05) is 17.7 Å². The zero-order valence-corrected chi connectivity index (χ0v) is 14.6. The Morgan fingerprint density at radius 1 is 1.30 bits per heavy atom. The largest absolute Gasteiger partial charge is 0.495 e. The number of halogens is 2. The Labute approximate surface area is 148 Å². The summed E-state index contributed by atoms with van der Waals surface area (Å²) in [4.78, 5) is 6.59. The van der Waals surface area contributed by atoms with Gasteiger partial charge in [0.25, 0.3) is 0 Å². The molecular weight excluding hydrogens is 333 g/mol. The van der Waals surface area contributed by atoms with E-state index in [2.05, 4.69) is 33.4 Å². The van der Waals surface area contributed by atoms with Gasteiger partial charge in [0.2, 0.25) is 0 Å². The summed E-state index contributed by atoms with van der Waals surface area (Å²) in [6, 6.07) is 10.5. The summed E-state index contributed by atoms with van der Waals surface area (Å²) in [6.07, 6.45) is 3.71. The summed E-state index contributed by atoms with van der Waals surface area (Å²) >= 11 is 6.24. The molecule has 3 rings (SSSR count). The summed E-state index contributed by atoms with van der Waals surface area (Å²) in [5.41, 5.74) is 2.49. The van der Waals surface area contributed by atoms with Crippen molar-refractivity contribution in [1.82, 2.24) is 15.2 Å². The second-order valence-electron chi connectivity index (χ2n) is 5.44. The Bertz CT molecular complexity index is 624. The topological polar surface area (TPSA) is 37.4 Å². The fraction of sp³-hybridized carbons (Fsp3) is 0.353. The maximum Gasteiger partial charge on any atom is 0.137 e. The molecule has 1 N–H and O–H groups in total. The molecule has 1 unspecified atom stereocenters. The highest BCUT2D eigenvalue weighted by Crippen LogP contribution is 2.28. The van der Waals surface area contributed by atoms with Crippen LogP contribution < -0.4 is 10.1 Å². The van der Waals surface area contributed by atoms with Crippen LogP contribution in [0.1, 0.15) is 17.2 Å². The minimum absolute atomic E-state index is 0. The van der Waals surface area contributed by atoms with E-state index in [1.54, 1.807) is 7.11 Å². The Kier molecular flexibility index (Phi) is 6.66. The Balaban J connectivity index is 0.00000192. The van der Waals surface area contributed by atoms with Gasteiger partial charge >= 0.3 is 0 Å². The van der Waals surface area contributed by atoms with E-state index in [-0.39, 0.29) is 12.4 Å². The molecule has 0 radical (unpaired) electrons. The van der Waals surface area contributed by atoms with Gasteiger partial charge in [-0.2, -0.15) is 0 Å². The van der Waals surface area contributed by atoms with Crippen LogP contribution in [0.15, 0.2) is 42.7 Å². The number of benzene rings is 1. The van der Waals surface area contributed by atoms with E-state index in [4.69, 9.17) is 16.3 Å². The molecule has 1 aromatic heterocycles. The fourth-order valence-corrected chi connectivity index (χ4v) is 3.17. The minimum atomic E-state index is 0. The third kappa shape index (κ3) is 4.36. The summed E-state index contributed by atoms with van der Waals surface area (Å²) in [7, 11) is 1.64. The van der Waals surface area contributed by atoms with Crippen molar-refractivity contribution in [1.29, 1.82) is 0 Å². The van der Waals surface area contributed by atoms with E-state index < -0.39 is 0 Å². The van der Waals surface area contributed by atoms with Crippen molar-refractivity contribution in [3.05, 3.63) is 58.9 Å². The number of ether oxygens (including phenoxy) is 1. The van der Waals surface area contributed by atoms with Gasteiger partial charge in [0.1, 0.15) is 5.75 Å². The van der Waals surface area contributed by atoms with E-state index in [1.165, 1.54) is 11.1 Å². The average molecular weight is 354 g/mol. The van der Waals surface area contributed by atoms with Crippen molar-refractivity contribution in [2.75, 3.05) is 26.7 Å². The van der Waals surface area contributed by atoms with Gasteiger partial charge in [0.15, 0.2) is 0 Å². The molecule has 23 heavy (non-hydrogen) atoms. The van der Waals surface area contributed by atoms with Gasteiger partial charge in [-0.05, 0) is 35.4 Å². The van der Waals surface area contributed by atoms with E-state index in [9.17, 15) is 0 Å². The number of pyridine rings is 1. The Hall–Kier alpha value is -1.33. The number of nitrogens with one attached hydrogen (secondary N) is 1. The van der Waals surface area contributed by atoms with Crippen LogP contribution in [0.3, 0.4) is 0 Å². The second kappa shape index (κ2) is 8.50. The van der Waals surface area contributed by atoms with Gasteiger partial charge < -0.3 is 10.1 Å². The van der Waals surface area contributed by atoms with Crippen LogP contribution in [0.4, 0.5) is 0 Å². The second-order valence-corrected chi connectivity index (χ2v) is 5.85. The summed E-state index contributed by atoms with van der Waals surface area (Å²) in [6.45, 7) is 3.84. The van der Waals surface area contributed by atoms with Crippen LogP contribution in [0.5, 0.6) is 5.75 Å². The molecule has 2 aromatic rings. The quantitative estimate of drug-likeness (QED) is 0.914.